The summed E-state index contributed by atoms with van der Waals surface area (Å²) in [4.78, 5) is 15.5. The number of allylic oxidation sites excluding steroid dienone is 5. The summed E-state index contributed by atoms with van der Waals surface area (Å²) in [6.07, 6.45) is 8.89. The number of pyridine rings is 2. The van der Waals surface area contributed by atoms with Gasteiger partial charge in [-0.15, -0.1) is 11.3 Å². The SMILES string of the molecule is C=C/C(=C\C(=C/C)c1ccc2[nH]nc(-c3cc4c(-c5ccc(C)s5)ccnc4[nH]3)c2n1)CC. The molecule has 2 N–H and O–H groups in total. The fraction of sp³-hybridized carbons (Fsp3) is 0.148. The fourth-order valence-electron chi connectivity index (χ4n) is 4.01. The van der Waals surface area contributed by atoms with Crippen LogP contribution in [0.25, 0.3) is 49.5 Å². The fourth-order valence-corrected chi connectivity index (χ4v) is 4.91. The van der Waals surface area contributed by atoms with Crippen LogP contribution in [-0.2, 0) is 0 Å². The smallest absolute Gasteiger partial charge is 0.138 e. The van der Waals surface area contributed by atoms with Crippen LogP contribution < -0.4 is 0 Å². The van der Waals surface area contributed by atoms with E-state index < -0.39 is 0 Å². The van der Waals surface area contributed by atoms with Crippen molar-refractivity contribution in [2.24, 2.45) is 0 Å². The number of rotatable bonds is 6. The molecule has 0 atom stereocenters. The van der Waals surface area contributed by atoms with E-state index in [1.807, 2.05) is 31.3 Å². The molecule has 0 spiro atoms. The summed E-state index contributed by atoms with van der Waals surface area (Å²) in [5, 5.41) is 8.80. The molecular weight excluding hydrogens is 426 g/mol. The number of hydrogen-bond acceptors (Lipinski definition) is 4. The molecule has 0 saturated carbocycles. The molecule has 0 amide bonds. The first-order chi connectivity index (χ1) is 16.1. The van der Waals surface area contributed by atoms with Crippen molar-refractivity contribution in [3.63, 3.8) is 0 Å². The van der Waals surface area contributed by atoms with Gasteiger partial charge < -0.3 is 4.98 Å². The van der Waals surface area contributed by atoms with Crippen LogP contribution in [0.15, 0.2) is 73.0 Å². The number of nitrogens with one attached hydrogen (secondary N) is 2. The highest BCUT2D eigenvalue weighted by molar-refractivity contribution is 7.15. The lowest BCUT2D eigenvalue weighted by Gasteiger charge is -2.04. The topological polar surface area (TPSA) is 70.2 Å². The van der Waals surface area contributed by atoms with Gasteiger partial charge in [-0.1, -0.05) is 25.7 Å². The summed E-state index contributed by atoms with van der Waals surface area (Å²) in [6, 6.07) is 12.6. The highest BCUT2D eigenvalue weighted by atomic mass is 32.1. The minimum Gasteiger partial charge on any atom is -0.338 e. The highest BCUT2D eigenvalue weighted by Gasteiger charge is 2.16. The monoisotopic (exact) mass is 451 g/mol. The molecule has 0 fully saturated rings. The quantitative estimate of drug-likeness (QED) is 0.263. The molecule has 0 saturated heterocycles. The summed E-state index contributed by atoms with van der Waals surface area (Å²) >= 11 is 1.79. The van der Waals surface area contributed by atoms with Crippen LogP contribution in [-0.4, -0.2) is 25.1 Å². The minimum absolute atomic E-state index is 0.789. The zero-order valence-electron chi connectivity index (χ0n) is 18.9. The Kier molecular flexibility index (Phi) is 5.52. The average Bonchev–Trinajstić information content (AvgIpc) is 3.56. The Hall–Kier alpha value is -3.77. The third-order valence-corrected chi connectivity index (χ3v) is 6.85. The Labute approximate surface area is 196 Å². The summed E-state index contributed by atoms with van der Waals surface area (Å²) < 4.78 is 0. The second kappa shape index (κ2) is 8.64. The van der Waals surface area contributed by atoms with E-state index in [0.717, 1.165) is 51.1 Å². The second-order valence-corrected chi connectivity index (χ2v) is 9.19. The molecule has 0 unspecified atom stereocenters. The van der Waals surface area contributed by atoms with Gasteiger partial charge >= 0.3 is 0 Å². The van der Waals surface area contributed by atoms with E-state index >= 15 is 0 Å². The van der Waals surface area contributed by atoms with E-state index in [2.05, 4.69) is 77.0 Å². The van der Waals surface area contributed by atoms with E-state index in [-0.39, 0.29) is 0 Å². The third kappa shape index (κ3) is 3.83. The molecule has 0 bridgehead atoms. The average molecular weight is 452 g/mol. The first-order valence-corrected chi connectivity index (χ1v) is 11.8. The molecule has 5 heterocycles. The van der Waals surface area contributed by atoms with Crippen LogP contribution in [0.2, 0.25) is 0 Å². The maximum absolute atomic E-state index is 4.98. The van der Waals surface area contributed by atoms with Crippen molar-refractivity contribution >= 4 is 39.0 Å². The van der Waals surface area contributed by atoms with Crippen LogP contribution in [0.4, 0.5) is 0 Å². The molecule has 5 rings (SSSR count). The van der Waals surface area contributed by atoms with Crippen LogP contribution in [0.1, 0.15) is 30.8 Å². The van der Waals surface area contributed by atoms with E-state index in [0.29, 0.717) is 0 Å². The summed E-state index contributed by atoms with van der Waals surface area (Å²) in [5.74, 6) is 0. The van der Waals surface area contributed by atoms with Crippen LogP contribution in [0, 0.1) is 6.92 Å². The first-order valence-electron chi connectivity index (χ1n) is 11.0. The minimum atomic E-state index is 0.789. The molecule has 164 valence electrons. The number of nitrogens with zero attached hydrogens (tertiary/aromatic N) is 3. The van der Waals surface area contributed by atoms with Crippen molar-refractivity contribution in [3.05, 3.63) is 83.5 Å². The Morgan fingerprint density at radius 2 is 2.06 bits per heavy atom. The molecule has 5 nitrogen and oxygen atoms in total. The van der Waals surface area contributed by atoms with Gasteiger partial charge in [-0.2, -0.15) is 5.10 Å². The molecule has 0 aliphatic heterocycles. The molecule has 6 heteroatoms. The lowest BCUT2D eigenvalue weighted by molar-refractivity contribution is 1.12. The Morgan fingerprint density at radius 1 is 1.18 bits per heavy atom. The first kappa shape index (κ1) is 21.1. The number of H-pyrrole nitrogens is 2. The predicted molar refractivity (Wildman–Crippen MR) is 139 cm³/mol. The summed E-state index contributed by atoms with van der Waals surface area (Å²) in [7, 11) is 0. The lowest BCUT2D eigenvalue weighted by atomic mass is 10.1. The normalized spacial score (nSPS) is 12.7. The molecule has 0 aliphatic carbocycles. The van der Waals surface area contributed by atoms with Crippen LogP contribution >= 0.6 is 11.3 Å². The molecular formula is C27H25N5S. The van der Waals surface area contributed by atoms with Crippen molar-refractivity contribution in [1.29, 1.82) is 0 Å². The standard InChI is InChI=1S/C27H25N5S/c1-5-17(6-2)14-18(7-3)21-9-10-22-25(29-21)26(32-31-22)23-15-20-19(12-13-28-27(20)30-23)24-11-8-16(4)33-24/h5,7-15H,1,6H2,2-4H3,(H,28,30)(H,31,32)/b17-14+,18-7+. The molecule has 33 heavy (non-hydrogen) atoms. The zero-order chi connectivity index (χ0) is 22.9. The van der Waals surface area contributed by atoms with Crippen molar-refractivity contribution in [2.75, 3.05) is 0 Å². The molecule has 5 aromatic rings. The van der Waals surface area contributed by atoms with Gasteiger partial charge in [0.15, 0.2) is 0 Å². The van der Waals surface area contributed by atoms with Crippen molar-refractivity contribution in [3.8, 4) is 21.8 Å². The number of thiophene rings is 1. The zero-order valence-corrected chi connectivity index (χ0v) is 19.8. The maximum atomic E-state index is 4.98. The van der Waals surface area contributed by atoms with Gasteiger partial charge in [-0.25, -0.2) is 9.97 Å². The Bertz CT molecular complexity index is 1540. The molecule has 0 aliphatic rings. The van der Waals surface area contributed by atoms with Gasteiger partial charge in [0.25, 0.3) is 0 Å². The summed E-state index contributed by atoms with van der Waals surface area (Å²) in [5.41, 5.74) is 8.58. The molecule has 0 aromatic carbocycles. The van der Waals surface area contributed by atoms with E-state index in [1.165, 1.54) is 20.9 Å². The highest BCUT2D eigenvalue weighted by Crippen LogP contribution is 2.35. The van der Waals surface area contributed by atoms with E-state index in [1.54, 1.807) is 11.3 Å². The number of fused-ring (bicyclic) bond motifs is 2. The number of aryl methyl sites for hydroxylation is 1. The molecule has 5 aromatic heterocycles. The molecule has 0 radical (unpaired) electrons. The lowest BCUT2D eigenvalue weighted by Crippen LogP contribution is -1.90. The van der Waals surface area contributed by atoms with Gasteiger partial charge in [0, 0.05) is 26.9 Å². The maximum Gasteiger partial charge on any atom is 0.138 e. The van der Waals surface area contributed by atoms with Gasteiger partial charge in [-0.05, 0) is 73.9 Å². The second-order valence-electron chi connectivity index (χ2n) is 7.90. The van der Waals surface area contributed by atoms with Crippen molar-refractivity contribution in [1.82, 2.24) is 25.1 Å². The van der Waals surface area contributed by atoms with Crippen LogP contribution in [0.3, 0.4) is 0 Å². The third-order valence-electron chi connectivity index (χ3n) is 5.82. The largest absolute Gasteiger partial charge is 0.338 e. The summed E-state index contributed by atoms with van der Waals surface area (Å²) in [6.45, 7) is 10.2. The number of aromatic nitrogens is 5. The Morgan fingerprint density at radius 3 is 2.79 bits per heavy atom. The van der Waals surface area contributed by atoms with E-state index in [4.69, 9.17) is 4.98 Å². The predicted octanol–water partition coefficient (Wildman–Crippen LogP) is 7.46. The number of aromatic amines is 2. The van der Waals surface area contributed by atoms with Gasteiger partial charge in [0.1, 0.15) is 16.9 Å². The van der Waals surface area contributed by atoms with Crippen LogP contribution in [0.5, 0.6) is 0 Å². The number of hydrogen-bond donors (Lipinski definition) is 2. The Balaban J connectivity index is 1.63. The van der Waals surface area contributed by atoms with E-state index in [9.17, 15) is 0 Å². The van der Waals surface area contributed by atoms with Crippen molar-refractivity contribution < 1.29 is 0 Å². The van der Waals surface area contributed by atoms with Gasteiger partial charge in [-0.3, -0.25) is 5.10 Å². The van der Waals surface area contributed by atoms with Gasteiger partial charge in [0.2, 0.25) is 0 Å². The van der Waals surface area contributed by atoms with Gasteiger partial charge in [0.05, 0.1) is 16.9 Å². The van der Waals surface area contributed by atoms with Crippen molar-refractivity contribution in [2.45, 2.75) is 27.2 Å².